The number of aromatic amines is 1. The standard InChI is InChI=1S/C24H17Cl2F5N4O3/c25-14-6-7-15-17(18(14)28)22(38-21(37)34-15)8-1-9-35(11-22)19(36)16-10-32-20(33-16)23(26,24(29,30)31)12-2-4-13(27)5-3-12/h2-7,10H,1,8-9,11H2,(H,32,33)(H,34,37)/t22-,23?/m0/s1. The number of ether oxygens (including phenoxy) is 1. The molecule has 7 nitrogen and oxygen atoms in total. The minimum absolute atomic E-state index is 0.0273. The molecule has 0 saturated carbocycles. The van der Waals surface area contributed by atoms with Gasteiger partial charge in [-0.05, 0) is 42.7 Å². The van der Waals surface area contributed by atoms with Crippen LogP contribution in [0, 0.1) is 11.6 Å². The second kappa shape index (κ2) is 9.12. The number of aromatic nitrogens is 2. The fraction of sp³-hybridized carbons (Fsp3) is 0.292. The number of hydrogen-bond donors (Lipinski definition) is 2. The van der Waals surface area contributed by atoms with Crippen molar-refractivity contribution in [3.8, 4) is 0 Å². The molecule has 200 valence electrons. The first-order valence-corrected chi connectivity index (χ1v) is 12.0. The van der Waals surface area contributed by atoms with Gasteiger partial charge in [-0.3, -0.25) is 10.1 Å². The third kappa shape index (κ3) is 4.15. The molecule has 2 aromatic carbocycles. The van der Waals surface area contributed by atoms with Crippen molar-refractivity contribution >= 4 is 40.9 Å². The van der Waals surface area contributed by atoms with Gasteiger partial charge in [-0.25, -0.2) is 18.6 Å². The number of benzene rings is 2. The number of hydrogen-bond acceptors (Lipinski definition) is 4. The summed E-state index contributed by atoms with van der Waals surface area (Å²) in [7, 11) is 0. The quantitative estimate of drug-likeness (QED) is 0.293. The predicted octanol–water partition coefficient (Wildman–Crippen LogP) is 6.08. The van der Waals surface area contributed by atoms with E-state index in [0.29, 0.717) is 0 Å². The molecule has 2 aliphatic heterocycles. The van der Waals surface area contributed by atoms with Gasteiger partial charge in [0, 0.05) is 6.54 Å². The van der Waals surface area contributed by atoms with E-state index in [1.807, 2.05) is 0 Å². The van der Waals surface area contributed by atoms with Crippen molar-refractivity contribution in [2.24, 2.45) is 0 Å². The molecule has 38 heavy (non-hydrogen) atoms. The van der Waals surface area contributed by atoms with Crippen LogP contribution < -0.4 is 5.32 Å². The SMILES string of the molecule is O=C1Nc2ccc(Cl)c(F)c2[C@@]2(CCCN(C(=O)c3cnc(C(Cl)(c4ccc(F)cc4)C(F)(F)F)[nH]3)C2)O1. The maximum atomic E-state index is 15.1. The summed E-state index contributed by atoms with van der Waals surface area (Å²) in [4.78, 5) is 29.7. The van der Waals surface area contributed by atoms with Gasteiger partial charge in [0.25, 0.3) is 5.91 Å². The number of alkyl halides is 4. The van der Waals surface area contributed by atoms with Gasteiger partial charge in [0.1, 0.15) is 17.3 Å². The summed E-state index contributed by atoms with van der Waals surface area (Å²) in [5.74, 6) is -3.16. The fourth-order valence-electron chi connectivity index (χ4n) is 4.84. The molecular formula is C24H17Cl2F5N4O3. The Hall–Kier alpha value is -3.38. The molecule has 0 bridgehead atoms. The lowest BCUT2D eigenvalue weighted by atomic mass is 9.83. The second-order valence-electron chi connectivity index (χ2n) is 8.93. The van der Waals surface area contributed by atoms with E-state index < -0.39 is 51.7 Å². The number of imidazole rings is 1. The van der Waals surface area contributed by atoms with Crippen molar-refractivity contribution < 1.29 is 36.3 Å². The average molecular weight is 575 g/mol. The molecule has 14 heteroatoms. The van der Waals surface area contributed by atoms with E-state index in [9.17, 15) is 27.2 Å². The normalized spacial score (nSPS) is 20.9. The summed E-state index contributed by atoms with van der Waals surface area (Å²) >= 11 is 12.0. The molecule has 1 spiro atoms. The Labute approximate surface area is 221 Å². The third-order valence-electron chi connectivity index (χ3n) is 6.58. The number of likely N-dealkylation sites (tertiary alicyclic amines) is 1. The molecule has 1 saturated heterocycles. The van der Waals surface area contributed by atoms with Crippen LogP contribution in [0.25, 0.3) is 0 Å². The fourth-order valence-corrected chi connectivity index (χ4v) is 5.22. The number of rotatable bonds is 3. The lowest BCUT2D eigenvalue weighted by Crippen LogP contribution is -2.53. The number of nitrogens with one attached hydrogen (secondary N) is 2. The summed E-state index contributed by atoms with van der Waals surface area (Å²) in [6, 6.07) is 6.08. The van der Waals surface area contributed by atoms with Gasteiger partial charge in [0.15, 0.2) is 11.4 Å². The number of nitrogens with zero attached hydrogens (tertiary/aromatic N) is 2. The van der Waals surface area contributed by atoms with Crippen molar-refractivity contribution in [2.45, 2.75) is 29.5 Å². The summed E-state index contributed by atoms with van der Waals surface area (Å²) in [6.07, 6.45) is -4.59. The molecule has 2 atom stereocenters. The van der Waals surface area contributed by atoms with Crippen molar-refractivity contribution in [1.29, 1.82) is 0 Å². The van der Waals surface area contributed by atoms with E-state index in [1.165, 1.54) is 17.0 Å². The van der Waals surface area contributed by atoms with Gasteiger partial charge in [0.05, 0.1) is 29.0 Å². The van der Waals surface area contributed by atoms with E-state index in [0.717, 1.165) is 30.5 Å². The number of amides is 2. The topological polar surface area (TPSA) is 87.3 Å². The molecule has 2 amide bonds. The number of fused-ring (bicyclic) bond motifs is 2. The van der Waals surface area contributed by atoms with Crippen LogP contribution in [0.1, 0.15) is 40.3 Å². The minimum atomic E-state index is -5.08. The summed E-state index contributed by atoms with van der Waals surface area (Å²) < 4.78 is 76.4. The van der Waals surface area contributed by atoms with Crippen LogP contribution >= 0.6 is 23.2 Å². The largest absolute Gasteiger partial charge is 0.436 e. The van der Waals surface area contributed by atoms with Crippen molar-refractivity contribution in [3.05, 3.63) is 81.9 Å². The van der Waals surface area contributed by atoms with Gasteiger partial charge in [-0.1, -0.05) is 35.3 Å². The van der Waals surface area contributed by atoms with E-state index in [4.69, 9.17) is 27.9 Å². The number of H-pyrrole nitrogens is 1. The minimum Gasteiger partial charge on any atom is -0.436 e. The zero-order chi connectivity index (χ0) is 27.5. The Morgan fingerprint density at radius 1 is 1.13 bits per heavy atom. The first kappa shape index (κ1) is 26.2. The Morgan fingerprint density at radius 3 is 2.53 bits per heavy atom. The van der Waals surface area contributed by atoms with E-state index in [2.05, 4.69) is 15.3 Å². The lowest BCUT2D eigenvalue weighted by molar-refractivity contribution is -0.155. The molecule has 3 heterocycles. The molecule has 5 rings (SSSR count). The maximum absolute atomic E-state index is 15.1. The average Bonchev–Trinajstić information content (AvgIpc) is 3.35. The van der Waals surface area contributed by atoms with Crippen LogP contribution in [0.4, 0.5) is 32.4 Å². The smallest absolute Gasteiger partial charge is 0.418 e. The summed E-state index contributed by atoms with van der Waals surface area (Å²) in [5.41, 5.74) is -2.30. The van der Waals surface area contributed by atoms with Crippen LogP contribution in [0.2, 0.25) is 5.02 Å². The summed E-state index contributed by atoms with van der Waals surface area (Å²) in [5, 5.41) is 2.19. The molecule has 1 aromatic heterocycles. The number of anilines is 1. The van der Waals surface area contributed by atoms with Crippen molar-refractivity contribution in [2.75, 3.05) is 18.4 Å². The molecular weight excluding hydrogens is 558 g/mol. The predicted molar refractivity (Wildman–Crippen MR) is 126 cm³/mol. The zero-order valence-electron chi connectivity index (χ0n) is 19.1. The molecule has 1 unspecified atom stereocenters. The zero-order valence-corrected chi connectivity index (χ0v) is 20.6. The first-order valence-electron chi connectivity index (χ1n) is 11.2. The second-order valence-corrected chi connectivity index (χ2v) is 9.91. The molecule has 2 aliphatic rings. The van der Waals surface area contributed by atoms with E-state index in [-0.39, 0.29) is 47.9 Å². The number of carbonyl (C=O) groups excluding carboxylic acids is 2. The van der Waals surface area contributed by atoms with Crippen LogP contribution in [0.5, 0.6) is 0 Å². The lowest BCUT2D eigenvalue weighted by Gasteiger charge is -2.45. The molecule has 2 N–H and O–H groups in total. The number of carbonyl (C=O) groups is 2. The third-order valence-corrected chi connectivity index (χ3v) is 7.49. The highest BCUT2D eigenvalue weighted by Gasteiger charge is 2.58. The highest BCUT2D eigenvalue weighted by atomic mass is 35.5. The van der Waals surface area contributed by atoms with Gasteiger partial charge in [-0.15, -0.1) is 0 Å². The Bertz CT molecular complexity index is 1430. The van der Waals surface area contributed by atoms with Crippen LogP contribution in [-0.4, -0.2) is 46.1 Å². The number of halogens is 7. The first-order chi connectivity index (χ1) is 17.9. The molecule has 0 radical (unpaired) electrons. The van der Waals surface area contributed by atoms with Crippen LogP contribution in [-0.2, 0) is 15.2 Å². The number of piperidine rings is 1. The molecule has 0 aliphatic carbocycles. The molecule has 3 aromatic rings. The Balaban J connectivity index is 1.48. The Kier molecular flexibility index (Phi) is 6.30. The summed E-state index contributed by atoms with van der Waals surface area (Å²) in [6.45, 7) is -0.151. The van der Waals surface area contributed by atoms with Crippen LogP contribution in [0.15, 0.2) is 42.6 Å². The van der Waals surface area contributed by atoms with Gasteiger partial charge >= 0.3 is 12.3 Å². The highest BCUT2D eigenvalue weighted by Crippen LogP contribution is 2.49. The monoisotopic (exact) mass is 574 g/mol. The van der Waals surface area contributed by atoms with E-state index in [1.54, 1.807) is 0 Å². The van der Waals surface area contributed by atoms with Gasteiger partial charge in [-0.2, -0.15) is 13.2 Å². The van der Waals surface area contributed by atoms with Crippen LogP contribution in [0.3, 0.4) is 0 Å². The van der Waals surface area contributed by atoms with Gasteiger partial charge < -0.3 is 14.6 Å². The molecule has 1 fully saturated rings. The van der Waals surface area contributed by atoms with E-state index >= 15 is 4.39 Å². The van der Waals surface area contributed by atoms with Gasteiger partial charge in [0.2, 0.25) is 4.87 Å². The maximum Gasteiger partial charge on any atom is 0.418 e. The highest BCUT2D eigenvalue weighted by molar-refractivity contribution is 6.31. The van der Waals surface area contributed by atoms with Crippen molar-refractivity contribution in [1.82, 2.24) is 14.9 Å². The van der Waals surface area contributed by atoms with Crippen molar-refractivity contribution in [3.63, 3.8) is 0 Å². The Morgan fingerprint density at radius 2 is 1.84 bits per heavy atom.